The lowest BCUT2D eigenvalue weighted by atomic mass is 9.63. The highest BCUT2D eigenvalue weighted by Gasteiger charge is 2.54. The van der Waals surface area contributed by atoms with E-state index < -0.39 is 0 Å². The number of ether oxygens (including phenoxy) is 3. The van der Waals surface area contributed by atoms with E-state index in [4.69, 9.17) is 14.2 Å². The summed E-state index contributed by atoms with van der Waals surface area (Å²) in [6.07, 6.45) is 0.808. The van der Waals surface area contributed by atoms with Gasteiger partial charge in [0.15, 0.2) is 0 Å². The minimum absolute atomic E-state index is 0.0382. The van der Waals surface area contributed by atoms with E-state index in [-0.39, 0.29) is 66.8 Å². The molecule has 0 radical (unpaired) electrons. The molecule has 6 heteroatoms. The van der Waals surface area contributed by atoms with Crippen LogP contribution in [0.15, 0.2) is 30.3 Å². The molecule has 0 bridgehead atoms. The van der Waals surface area contributed by atoms with E-state index in [1.807, 2.05) is 44.2 Å². The average Bonchev–Trinajstić information content (AvgIpc) is 2.94. The lowest BCUT2D eigenvalue weighted by Crippen LogP contribution is -2.45. The molecule has 1 saturated heterocycles. The lowest BCUT2D eigenvalue weighted by molar-refractivity contribution is -0.158. The maximum Gasteiger partial charge on any atom is 0.309 e. The first-order valence-electron chi connectivity index (χ1n) is 9.94. The van der Waals surface area contributed by atoms with Gasteiger partial charge in [-0.1, -0.05) is 37.3 Å². The number of hydrogen-bond acceptors (Lipinski definition) is 6. The highest BCUT2D eigenvalue weighted by atomic mass is 16.6. The molecule has 3 rings (SSSR count). The van der Waals surface area contributed by atoms with Gasteiger partial charge >= 0.3 is 17.9 Å². The number of rotatable bonds is 6. The number of carbonyl (C=O) groups excluding carboxylic acids is 3. The summed E-state index contributed by atoms with van der Waals surface area (Å²) >= 11 is 0. The number of fused-ring (bicyclic) bond motifs is 1. The number of benzene rings is 1. The van der Waals surface area contributed by atoms with Gasteiger partial charge < -0.3 is 14.2 Å². The quantitative estimate of drug-likeness (QED) is 0.550. The number of esters is 3. The first-order chi connectivity index (χ1) is 13.4. The predicted molar refractivity (Wildman–Crippen MR) is 101 cm³/mol. The van der Waals surface area contributed by atoms with Gasteiger partial charge in [-0.25, -0.2) is 0 Å². The van der Waals surface area contributed by atoms with Gasteiger partial charge in [-0.2, -0.15) is 0 Å². The molecule has 152 valence electrons. The van der Waals surface area contributed by atoms with Gasteiger partial charge in [0.25, 0.3) is 0 Å². The molecule has 6 atom stereocenters. The second-order valence-electron chi connectivity index (χ2n) is 7.92. The Balaban J connectivity index is 1.62. The summed E-state index contributed by atoms with van der Waals surface area (Å²) in [4.78, 5) is 36.0. The summed E-state index contributed by atoms with van der Waals surface area (Å²) in [6.45, 7) is 5.56. The van der Waals surface area contributed by atoms with Crippen LogP contribution in [0, 0.1) is 23.7 Å². The van der Waals surface area contributed by atoms with Gasteiger partial charge in [0.05, 0.1) is 5.92 Å². The molecular formula is C22H28O6. The van der Waals surface area contributed by atoms with E-state index >= 15 is 0 Å². The van der Waals surface area contributed by atoms with Crippen molar-refractivity contribution in [2.75, 3.05) is 0 Å². The minimum Gasteiger partial charge on any atom is -0.462 e. The van der Waals surface area contributed by atoms with Crippen LogP contribution >= 0.6 is 0 Å². The zero-order chi connectivity index (χ0) is 20.3. The van der Waals surface area contributed by atoms with Crippen LogP contribution < -0.4 is 0 Å². The van der Waals surface area contributed by atoms with Crippen molar-refractivity contribution in [3.8, 4) is 0 Å². The van der Waals surface area contributed by atoms with Crippen molar-refractivity contribution < 1.29 is 28.6 Å². The smallest absolute Gasteiger partial charge is 0.309 e. The Bertz CT molecular complexity index is 715. The molecule has 1 aromatic rings. The largest absolute Gasteiger partial charge is 0.462 e. The molecule has 6 unspecified atom stereocenters. The third-order valence-electron chi connectivity index (χ3n) is 6.10. The van der Waals surface area contributed by atoms with Crippen LogP contribution in [0.5, 0.6) is 0 Å². The van der Waals surface area contributed by atoms with Crippen LogP contribution in [0.4, 0.5) is 0 Å². The first kappa shape index (κ1) is 20.4. The topological polar surface area (TPSA) is 78.9 Å². The van der Waals surface area contributed by atoms with Gasteiger partial charge in [0.2, 0.25) is 0 Å². The van der Waals surface area contributed by atoms with Gasteiger partial charge in [0.1, 0.15) is 18.8 Å². The first-order valence-corrected chi connectivity index (χ1v) is 9.94. The predicted octanol–water partition coefficient (Wildman–Crippen LogP) is 3.28. The van der Waals surface area contributed by atoms with Gasteiger partial charge in [-0.3, -0.25) is 14.4 Å². The maximum atomic E-state index is 12.3. The van der Waals surface area contributed by atoms with Crippen LogP contribution in [0.3, 0.4) is 0 Å². The van der Waals surface area contributed by atoms with Crippen LogP contribution in [0.1, 0.15) is 45.6 Å². The molecule has 6 nitrogen and oxygen atoms in total. The molecule has 1 aliphatic heterocycles. The van der Waals surface area contributed by atoms with E-state index in [1.54, 1.807) is 0 Å². The Labute approximate surface area is 165 Å². The third-order valence-corrected chi connectivity index (χ3v) is 6.10. The molecule has 2 fully saturated rings. The summed E-state index contributed by atoms with van der Waals surface area (Å²) in [5, 5.41) is 0. The monoisotopic (exact) mass is 388 g/mol. The summed E-state index contributed by atoms with van der Waals surface area (Å²) in [7, 11) is 0. The fraction of sp³-hybridized carbons (Fsp3) is 0.591. The van der Waals surface area contributed by atoms with Crippen LogP contribution in [0.25, 0.3) is 0 Å². The van der Waals surface area contributed by atoms with Crippen molar-refractivity contribution in [3.63, 3.8) is 0 Å². The number of hydrogen-bond donors (Lipinski definition) is 0. The molecule has 0 amide bonds. The fourth-order valence-electron chi connectivity index (χ4n) is 4.74. The average molecular weight is 388 g/mol. The Morgan fingerprint density at radius 1 is 1.18 bits per heavy atom. The van der Waals surface area contributed by atoms with Crippen molar-refractivity contribution in [2.45, 2.75) is 58.8 Å². The third kappa shape index (κ3) is 4.54. The van der Waals surface area contributed by atoms with E-state index in [0.717, 1.165) is 5.56 Å². The maximum absolute atomic E-state index is 12.3. The fourth-order valence-corrected chi connectivity index (χ4v) is 4.74. The molecule has 0 N–H and O–H groups in total. The summed E-state index contributed by atoms with van der Waals surface area (Å²) in [6, 6.07) is 9.54. The van der Waals surface area contributed by atoms with Crippen LogP contribution in [-0.4, -0.2) is 30.1 Å². The summed E-state index contributed by atoms with van der Waals surface area (Å²) < 4.78 is 16.3. The standard InChI is InChI=1S/C22H28O6/c1-13-17(9-10-20(24)26-12-16-7-5-4-6-8-16)21-14(2)27-22(25)18(21)11-19(13)28-15(3)23/h4-8,13-14,17-19,21H,9-12H2,1-3H3. The molecule has 2 aliphatic rings. The van der Waals surface area contributed by atoms with E-state index in [0.29, 0.717) is 12.8 Å². The molecule has 1 saturated carbocycles. The zero-order valence-electron chi connectivity index (χ0n) is 16.6. The molecule has 1 aliphatic carbocycles. The van der Waals surface area contributed by atoms with Crippen LogP contribution in [0.2, 0.25) is 0 Å². The SMILES string of the molecule is CC(=O)OC1CC2C(=O)OC(C)C2C(CCC(=O)OCc2ccccc2)C1C. The normalized spacial score (nSPS) is 31.6. The second-order valence-corrected chi connectivity index (χ2v) is 7.92. The molecule has 0 spiro atoms. The van der Waals surface area contributed by atoms with Crippen molar-refractivity contribution in [1.29, 1.82) is 0 Å². The molecule has 28 heavy (non-hydrogen) atoms. The van der Waals surface area contributed by atoms with Crippen molar-refractivity contribution in [1.82, 2.24) is 0 Å². The zero-order valence-corrected chi connectivity index (χ0v) is 16.6. The summed E-state index contributed by atoms with van der Waals surface area (Å²) in [5.41, 5.74) is 0.945. The molecule has 0 aromatic heterocycles. The second kappa shape index (κ2) is 8.76. The van der Waals surface area contributed by atoms with Crippen LogP contribution in [-0.2, 0) is 35.2 Å². The lowest BCUT2D eigenvalue weighted by Gasteiger charge is -2.42. The highest BCUT2D eigenvalue weighted by molar-refractivity contribution is 5.76. The van der Waals surface area contributed by atoms with Gasteiger partial charge in [-0.15, -0.1) is 0 Å². The molecule has 1 aromatic carbocycles. The highest BCUT2D eigenvalue weighted by Crippen LogP contribution is 2.48. The Morgan fingerprint density at radius 3 is 2.57 bits per heavy atom. The number of cyclic esters (lactones) is 1. The van der Waals surface area contributed by atoms with E-state index in [1.165, 1.54) is 6.92 Å². The van der Waals surface area contributed by atoms with Crippen molar-refractivity contribution in [2.24, 2.45) is 23.7 Å². The summed E-state index contributed by atoms with van der Waals surface area (Å²) in [5.74, 6) is -0.982. The van der Waals surface area contributed by atoms with Crippen molar-refractivity contribution in [3.05, 3.63) is 35.9 Å². The number of carbonyl (C=O) groups is 3. The molecule has 1 heterocycles. The van der Waals surface area contributed by atoms with Crippen molar-refractivity contribution >= 4 is 17.9 Å². The Morgan fingerprint density at radius 2 is 1.89 bits per heavy atom. The Kier molecular flexibility index (Phi) is 6.37. The van der Waals surface area contributed by atoms with E-state index in [9.17, 15) is 14.4 Å². The minimum atomic E-state index is -0.351. The van der Waals surface area contributed by atoms with Gasteiger partial charge in [0, 0.05) is 19.3 Å². The van der Waals surface area contributed by atoms with Gasteiger partial charge in [-0.05, 0) is 37.2 Å². The Hall–Kier alpha value is -2.37. The van der Waals surface area contributed by atoms with E-state index in [2.05, 4.69) is 0 Å². The molecular weight excluding hydrogens is 360 g/mol.